The predicted octanol–water partition coefficient (Wildman–Crippen LogP) is 3.77. The standard InChI is InChI=1S/C19H23N3O4S/c1-11(23)16(12(2)24)27-18-22-21-15(26-18)10-20-17(25)13-6-8-14(9-7-13)19(3,4)5/h6-9,23H,10H2,1-5H3,(H,20,25)/b16-11-. The van der Waals surface area contributed by atoms with E-state index in [1.165, 1.54) is 13.8 Å². The highest BCUT2D eigenvalue weighted by Crippen LogP contribution is 2.28. The Balaban J connectivity index is 1.97. The zero-order chi connectivity index (χ0) is 20.2. The molecule has 2 N–H and O–H groups in total. The van der Waals surface area contributed by atoms with Crippen molar-refractivity contribution < 1.29 is 19.1 Å². The molecule has 2 rings (SSSR count). The number of hydrogen-bond acceptors (Lipinski definition) is 7. The van der Waals surface area contributed by atoms with Crippen molar-refractivity contribution in [1.29, 1.82) is 0 Å². The van der Waals surface area contributed by atoms with E-state index in [1.807, 2.05) is 12.1 Å². The number of rotatable bonds is 6. The molecule has 144 valence electrons. The second kappa shape index (κ2) is 8.39. The van der Waals surface area contributed by atoms with Gasteiger partial charge >= 0.3 is 0 Å². The maximum atomic E-state index is 12.3. The molecule has 0 fully saturated rings. The number of aliphatic hydroxyl groups excluding tert-OH is 1. The van der Waals surface area contributed by atoms with Crippen LogP contribution in [0.3, 0.4) is 0 Å². The number of carbonyl (C=O) groups is 2. The maximum absolute atomic E-state index is 12.3. The summed E-state index contributed by atoms with van der Waals surface area (Å²) < 4.78 is 5.39. The van der Waals surface area contributed by atoms with Crippen LogP contribution in [0.1, 0.15) is 56.4 Å². The Morgan fingerprint density at radius 3 is 2.30 bits per heavy atom. The van der Waals surface area contributed by atoms with Gasteiger partial charge in [0.1, 0.15) is 5.76 Å². The summed E-state index contributed by atoms with van der Waals surface area (Å²) in [5.41, 5.74) is 1.70. The van der Waals surface area contributed by atoms with Crippen LogP contribution in [0.15, 0.2) is 44.6 Å². The van der Waals surface area contributed by atoms with Crippen molar-refractivity contribution in [3.63, 3.8) is 0 Å². The first-order chi connectivity index (χ1) is 12.6. The summed E-state index contributed by atoms with van der Waals surface area (Å²) in [7, 11) is 0. The van der Waals surface area contributed by atoms with Crippen molar-refractivity contribution in [2.45, 2.75) is 51.8 Å². The number of amides is 1. The first-order valence-corrected chi connectivity index (χ1v) is 9.19. The highest BCUT2D eigenvalue weighted by molar-refractivity contribution is 8.03. The van der Waals surface area contributed by atoms with Gasteiger partial charge in [-0.15, -0.1) is 10.2 Å². The summed E-state index contributed by atoms with van der Waals surface area (Å²) in [5.74, 6) is -0.458. The summed E-state index contributed by atoms with van der Waals surface area (Å²) in [6.07, 6.45) is 0. The Labute approximate surface area is 162 Å². The lowest BCUT2D eigenvalue weighted by molar-refractivity contribution is -0.113. The minimum atomic E-state index is -0.299. The van der Waals surface area contributed by atoms with E-state index in [-0.39, 0.29) is 45.4 Å². The molecule has 0 bridgehead atoms. The van der Waals surface area contributed by atoms with Gasteiger partial charge in [-0.05, 0) is 48.7 Å². The van der Waals surface area contributed by atoms with Gasteiger partial charge in [0.05, 0.1) is 11.4 Å². The SMILES string of the molecule is CC(=O)/C(Sc1nnc(CNC(=O)c2ccc(C(C)(C)C)cc2)o1)=C(\C)O. The van der Waals surface area contributed by atoms with E-state index in [0.717, 1.165) is 17.3 Å². The number of allylic oxidation sites excluding steroid dienone is 2. The third-order valence-electron chi connectivity index (χ3n) is 3.70. The van der Waals surface area contributed by atoms with Crippen molar-refractivity contribution in [3.05, 3.63) is 51.9 Å². The molecule has 1 aromatic heterocycles. The van der Waals surface area contributed by atoms with E-state index in [2.05, 4.69) is 36.3 Å². The van der Waals surface area contributed by atoms with Crippen LogP contribution in [0, 0.1) is 0 Å². The first-order valence-electron chi connectivity index (χ1n) is 8.37. The summed E-state index contributed by atoms with van der Waals surface area (Å²) >= 11 is 0.887. The normalized spacial score (nSPS) is 12.5. The van der Waals surface area contributed by atoms with Gasteiger partial charge in [-0.25, -0.2) is 0 Å². The molecular weight excluding hydrogens is 366 g/mol. The fourth-order valence-electron chi connectivity index (χ4n) is 2.22. The average molecular weight is 389 g/mol. The van der Waals surface area contributed by atoms with Gasteiger partial charge in [-0.2, -0.15) is 0 Å². The van der Waals surface area contributed by atoms with Gasteiger partial charge in [0, 0.05) is 5.56 Å². The molecule has 0 radical (unpaired) electrons. The molecule has 8 heteroatoms. The number of benzene rings is 1. The van der Waals surface area contributed by atoms with Crippen LogP contribution in [-0.4, -0.2) is 27.0 Å². The highest BCUT2D eigenvalue weighted by Gasteiger charge is 2.17. The molecule has 1 heterocycles. The number of hydrogen-bond donors (Lipinski definition) is 2. The number of aromatic nitrogens is 2. The van der Waals surface area contributed by atoms with E-state index in [0.29, 0.717) is 5.56 Å². The molecule has 0 aliphatic carbocycles. The summed E-state index contributed by atoms with van der Waals surface area (Å²) in [6, 6.07) is 7.42. The third-order valence-corrected chi connectivity index (χ3v) is 4.83. The number of Topliss-reactive ketones (excluding diaryl/α,β-unsaturated/α-hetero) is 1. The molecule has 0 spiro atoms. The Hall–Kier alpha value is -2.61. The molecule has 1 amide bonds. The van der Waals surface area contributed by atoms with Gasteiger partial charge in [0.2, 0.25) is 5.89 Å². The quantitative estimate of drug-likeness (QED) is 0.440. The van der Waals surface area contributed by atoms with E-state index in [1.54, 1.807) is 12.1 Å². The van der Waals surface area contributed by atoms with Crippen molar-refractivity contribution in [2.24, 2.45) is 0 Å². The fourth-order valence-corrected chi connectivity index (χ4v) is 2.90. The lowest BCUT2D eigenvalue weighted by atomic mass is 9.87. The summed E-state index contributed by atoms with van der Waals surface area (Å²) in [6.45, 7) is 9.13. The van der Waals surface area contributed by atoms with Gasteiger partial charge in [0.25, 0.3) is 11.1 Å². The Kier molecular flexibility index (Phi) is 6.43. The Morgan fingerprint density at radius 1 is 1.15 bits per heavy atom. The number of ketones is 1. The van der Waals surface area contributed by atoms with Crippen molar-refractivity contribution in [2.75, 3.05) is 0 Å². The molecule has 7 nitrogen and oxygen atoms in total. The van der Waals surface area contributed by atoms with Gasteiger partial charge < -0.3 is 14.8 Å². The zero-order valence-electron chi connectivity index (χ0n) is 16.0. The molecule has 0 saturated carbocycles. The zero-order valence-corrected chi connectivity index (χ0v) is 16.8. The van der Waals surface area contributed by atoms with E-state index >= 15 is 0 Å². The molecular formula is C19H23N3O4S. The molecule has 0 atom stereocenters. The molecule has 0 unspecified atom stereocenters. The second-order valence-electron chi connectivity index (χ2n) is 7.04. The largest absolute Gasteiger partial charge is 0.511 e. The van der Waals surface area contributed by atoms with Crippen LogP contribution in [0.25, 0.3) is 0 Å². The van der Waals surface area contributed by atoms with E-state index < -0.39 is 0 Å². The molecule has 0 aliphatic heterocycles. The number of thioether (sulfide) groups is 1. The average Bonchev–Trinajstić information content (AvgIpc) is 3.04. The molecule has 27 heavy (non-hydrogen) atoms. The maximum Gasteiger partial charge on any atom is 0.281 e. The lowest BCUT2D eigenvalue weighted by Crippen LogP contribution is -2.23. The van der Waals surface area contributed by atoms with Crippen LogP contribution < -0.4 is 5.32 Å². The molecule has 1 aromatic carbocycles. The van der Waals surface area contributed by atoms with Crippen molar-refractivity contribution in [3.8, 4) is 0 Å². The number of carbonyl (C=O) groups excluding carboxylic acids is 2. The van der Waals surface area contributed by atoms with E-state index in [4.69, 9.17) is 4.42 Å². The summed E-state index contributed by atoms with van der Waals surface area (Å²) in [4.78, 5) is 23.9. The first kappa shape index (κ1) is 20.7. The Bertz CT molecular complexity index is 860. The highest BCUT2D eigenvalue weighted by atomic mass is 32.2. The number of aliphatic hydroxyl groups is 1. The lowest BCUT2D eigenvalue weighted by Gasteiger charge is -2.18. The molecule has 0 saturated heterocycles. The smallest absolute Gasteiger partial charge is 0.281 e. The second-order valence-corrected chi connectivity index (χ2v) is 8.01. The van der Waals surface area contributed by atoms with Crippen molar-refractivity contribution in [1.82, 2.24) is 15.5 Å². The van der Waals surface area contributed by atoms with Crippen LogP contribution in [-0.2, 0) is 16.8 Å². The van der Waals surface area contributed by atoms with Gasteiger partial charge in [-0.3, -0.25) is 9.59 Å². The third kappa shape index (κ3) is 5.68. The molecule has 2 aromatic rings. The van der Waals surface area contributed by atoms with Crippen LogP contribution in [0.5, 0.6) is 0 Å². The number of nitrogens with zero attached hydrogens (tertiary/aromatic N) is 2. The minimum absolute atomic E-state index is 0.0208. The van der Waals surface area contributed by atoms with Crippen LogP contribution >= 0.6 is 11.8 Å². The van der Waals surface area contributed by atoms with Crippen LogP contribution in [0.2, 0.25) is 0 Å². The van der Waals surface area contributed by atoms with Crippen LogP contribution in [0.4, 0.5) is 0 Å². The Morgan fingerprint density at radius 2 is 1.78 bits per heavy atom. The fraction of sp³-hybridized carbons (Fsp3) is 0.368. The van der Waals surface area contributed by atoms with E-state index in [9.17, 15) is 14.7 Å². The minimum Gasteiger partial charge on any atom is -0.511 e. The summed E-state index contributed by atoms with van der Waals surface area (Å²) in [5, 5.41) is 20.0. The topological polar surface area (TPSA) is 105 Å². The van der Waals surface area contributed by atoms with Crippen molar-refractivity contribution >= 4 is 23.5 Å². The molecule has 0 aliphatic rings. The monoisotopic (exact) mass is 389 g/mol. The van der Waals surface area contributed by atoms with Gasteiger partial charge in [0.15, 0.2) is 5.78 Å². The number of nitrogens with one attached hydrogen (secondary N) is 1. The predicted molar refractivity (Wildman–Crippen MR) is 102 cm³/mol. The van der Waals surface area contributed by atoms with Gasteiger partial charge in [-0.1, -0.05) is 32.9 Å².